The minimum absolute atomic E-state index is 0.0868. The summed E-state index contributed by atoms with van der Waals surface area (Å²) >= 11 is 0. The van der Waals surface area contributed by atoms with E-state index in [1.165, 1.54) is 23.4 Å². The molecule has 0 heterocycles. The molecule has 170 valence electrons. The Hall–Kier alpha value is -2.34. The van der Waals surface area contributed by atoms with Crippen molar-refractivity contribution in [3.05, 3.63) is 64.7 Å². The average molecular weight is 445 g/mol. The lowest BCUT2D eigenvalue weighted by Gasteiger charge is -2.26. The first kappa shape index (κ1) is 24.9. The van der Waals surface area contributed by atoms with Gasteiger partial charge in [-0.05, 0) is 55.0 Å². The van der Waals surface area contributed by atoms with E-state index in [-0.39, 0.29) is 12.5 Å². The van der Waals surface area contributed by atoms with E-state index in [0.29, 0.717) is 23.7 Å². The molecule has 0 saturated heterocycles. The van der Waals surface area contributed by atoms with Crippen molar-refractivity contribution in [2.75, 3.05) is 17.1 Å². The number of amides is 1. The van der Waals surface area contributed by atoms with Gasteiger partial charge in [-0.2, -0.15) is 0 Å². The van der Waals surface area contributed by atoms with E-state index < -0.39 is 10.0 Å². The molecule has 1 amide bonds. The van der Waals surface area contributed by atoms with Crippen molar-refractivity contribution in [3.8, 4) is 0 Å². The van der Waals surface area contributed by atoms with Gasteiger partial charge in [0.25, 0.3) is 5.91 Å². The first-order valence-corrected chi connectivity index (χ1v) is 12.9. The highest BCUT2D eigenvalue weighted by Gasteiger charge is 2.21. The number of benzene rings is 2. The van der Waals surface area contributed by atoms with Crippen LogP contribution in [0.5, 0.6) is 0 Å². The number of anilines is 1. The molecule has 0 aliphatic rings. The molecular formula is C25H36N2O3S. The number of rotatable bonds is 11. The predicted octanol–water partition coefficient (Wildman–Crippen LogP) is 5.22. The van der Waals surface area contributed by atoms with Crippen LogP contribution < -0.4 is 9.62 Å². The number of nitrogens with zero attached hydrogens (tertiary/aromatic N) is 1. The zero-order valence-corrected chi connectivity index (χ0v) is 20.3. The van der Waals surface area contributed by atoms with Gasteiger partial charge in [0.05, 0.1) is 18.5 Å². The van der Waals surface area contributed by atoms with Crippen molar-refractivity contribution >= 4 is 21.6 Å². The highest BCUT2D eigenvalue weighted by Crippen LogP contribution is 2.28. The number of unbranched alkanes of at least 4 members (excludes halogenated alkanes) is 1. The molecule has 1 unspecified atom stereocenters. The molecule has 0 aliphatic carbocycles. The van der Waals surface area contributed by atoms with Crippen molar-refractivity contribution in [3.63, 3.8) is 0 Å². The third kappa shape index (κ3) is 7.10. The number of nitrogens with one attached hydrogen (secondary N) is 1. The van der Waals surface area contributed by atoms with Gasteiger partial charge in [0, 0.05) is 12.1 Å². The maximum atomic E-state index is 12.5. The van der Waals surface area contributed by atoms with E-state index in [0.717, 1.165) is 29.5 Å². The lowest BCUT2D eigenvalue weighted by molar-refractivity contribution is 0.0946. The summed E-state index contributed by atoms with van der Waals surface area (Å²) in [5.41, 5.74) is 3.96. The van der Waals surface area contributed by atoms with E-state index in [9.17, 15) is 13.2 Å². The van der Waals surface area contributed by atoms with Crippen LogP contribution in [0.4, 0.5) is 5.69 Å². The van der Waals surface area contributed by atoms with Gasteiger partial charge in [0.2, 0.25) is 10.0 Å². The number of para-hydroxylation sites is 1. The fraction of sp³-hybridized carbons (Fsp3) is 0.480. The summed E-state index contributed by atoms with van der Waals surface area (Å²) in [6.07, 6.45) is 5.76. The Bertz CT molecular complexity index is 949. The number of aryl methyl sites for hydroxylation is 2. The SMILES string of the molecule is CCCCC(CC)CNC(=O)c1ccc(CN(c2c(C)cccc2C)S(C)(=O)=O)cc1. The number of hydrogen-bond acceptors (Lipinski definition) is 3. The van der Waals surface area contributed by atoms with Gasteiger partial charge in [0.15, 0.2) is 0 Å². The zero-order chi connectivity index (χ0) is 23.0. The van der Waals surface area contributed by atoms with Crippen LogP contribution in [0.3, 0.4) is 0 Å². The summed E-state index contributed by atoms with van der Waals surface area (Å²) in [6.45, 7) is 9.08. The van der Waals surface area contributed by atoms with Gasteiger partial charge in [0.1, 0.15) is 0 Å². The van der Waals surface area contributed by atoms with E-state index in [1.54, 1.807) is 12.1 Å². The summed E-state index contributed by atoms with van der Waals surface area (Å²) < 4.78 is 26.5. The fourth-order valence-electron chi connectivity index (χ4n) is 3.77. The van der Waals surface area contributed by atoms with Crippen LogP contribution in [-0.2, 0) is 16.6 Å². The van der Waals surface area contributed by atoms with Crippen LogP contribution in [0.1, 0.15) is 66.6 Å². The molecule has 0 aliphatic heterocycles. The van der Waals surface area contributed by atoms with Gasteiger partial charge < -0.3 is 5.32 Å². The molecular weight excluding hydrogens is 408 g/mol. The van der Waals surface area contributed by atoms with Crippen LogP contribution >= 0.6 is 0 Å². The summed E-state index contributed by atoms with van der Waals surface area (Å²) in [5.74, 6) is 0.417. The highest BCUT2D eigenvalue weighted by atomic mass is 32.2. The molecule has 0 fully saturated rings. The third-order valence-electron chi connectivity index (χ3n) is 5.73. The van der Waals surface area contributed by atoms with Crippen LogP contribution in [0.15, 0.2) is 42.5 Å². The average Bonchev–Trinajstić information content (AvgIpc) is 2.72. The Balaban J connectivity index is 2.12. The van der Waals surface area contributed by atoms with Gasteiger partial charge in [-0.1, -0.05) is 63.4 Å². The predicted molar refractivity (Wildman–Crippen MR) is 129 cm³/mol. The first-order chi connectivity index (χ1) is 14.7. The van der Waals surface area contributed by atoms with Crippen LogP contribution in [0.2, 0.25) is 0 Å². The molecule has 0 saturated carbocycles. The van der Waals surface area contributed by atoms with Crippen LogP contribution in [-0.4, -0.2) is 27.1 Å². The Labute approximate surface area is 187 Å². The van der Waals surface area contributed by atoms with Crippen molar-refractivity contribution in [1.29, 1.82) is 0 Å². The fourth-order valence-corrected chi connectivity index (χ4v) is 4.77. The van der Waals surface area contributed by atoms with Gasteiger partial charge in [-0.15, -0.1) is 0 Å². The standard InChI is InChI=1S/C25H36N2O3S/c1-6-8-12-21(7-2)17-26-25(28)23-15-13-22(14-16-23)18-27(31(5,29)30)24-19(3)10-9-11-20(24)4/h9-11,13-16,21H,6-8,12,17-18H2,1-5H3,(H,26,28). The van der Waals surface area contributed by atoms with Gasteiger partial charge >= 0.3 is 0 Å². The molecule has 1 atom stereocenters. The number of carbonyl (C=O) groups is 1. The molecule has 0 bridgehead atoms. The molecule has 0 aromatic heterocycles. The summed E-state index contributed by atoms with van der Waals surface area (Å²) in [5, 5.41) is 3.04. The van der Waals surface area contributed by atoms with E-state index in [4.69, 9.17) is 0 Å². The molecule has 0 radical (unpaired) electrons. The number of hydrogen-bond donors (Lipinski definition) is 1. The molecule has 1 N–H and O–H groups in total. The molecule has 2 rings (SSSR count). The highest BCUT2D eigenvalue weighted by molar-refractivity contribution is 7.92. The summed E-state index contributed by atoms with van der Waals surface area (Å²) in [7, 11) is -3.46. The first-order valence-electron chi connectivity index (χ1n) is 11.1. The lowest BCUT2D eigenvalue weighted by atomic mass is 9.99. The number of carbonyl (C=O) groups excluding carboxylic acids is 1. The lowest BCUT2D eigenvalue weighted by Crippen LogP contribution is -2.31. The monoisotopic (exact) mass is 444 g/mol. The molecule has 0 spiro atoms. The Morgan fingerprint density at radius 3 is 2.16 bits per heavy atom. The normalized spacial score (nSPS) is 12.4. The second kappa shape index (κ2) is 11.3. The number of sulfonamides is 1. The molecule has 2 aromatic carbocycles. The van der Waals surface area contributed by atoms with Gasteiger partial charge in [-0.3, -0.25) is 9.10 Å². The van der Waals surface area contributed by atoms with E-state index in [1.807, 2.05) is 44.2 Å². The Morgan fingerprint density at radius 1 is 1.03 bits per heavy atom. The molecule has 5 nitrogen and oxygen atoms in total. The van der Waals surface area contributed by atoms with Crippen molar-refractivity contribution in [1.82, 2.24) is 5.32 Å². The van der Waals surface area contributed by atoms with Crippen LogP contribution in [0.25, 0.3) is 0 Å². The smallest absolute Gasteiger partial charge is 0.251 e. The summed E-state index contributed by atoms with van der Waals surface area (Å²) in [4.78, 5) is 12.5. The van der Waals surface area contributed by atoms with Crippen molar-refractivity contribution in [2.45, 2.75) is 59.9 Å². The molecule has 2 aromatic rings. The Kier molecular flexibility index (Phi) is 9.11. The summed E-state index contributed by atoms with van der Waals surface area (Å²) in [6, 6.07) is 12.9. The zero-order valence-electron chi connectivity index (χ0n) is 19.4. The maximum Gasteiger partial charge on any atom is 0.251 e. The van der Waals surface area contributed by atoms with E-state index >= 15 is 0 Å². The van der Waals surface area contributed by atoms with Crippen LogP contribution in [0, 0.1) is 19.8 Å². The second-order valence-corrected chi connectivity index (χ2v) is 10.2. The quantitative estimate of drug-likeness (QED) is 0.517. The van der Waals surface area contributed by atoms with E-state index in [2.05, 4.69) is 19.2 Å². The Morgan fingerprint density at radius 2 is 1.65 bits per heavy atom. The minimum atomic E-state index is -3.46. The van der Waals surface area contributed by atoms with Gasteiger partial charge in [-0.25, -0.2) is 8.42 Å². The minimum Gasteiger partial charge on any atom is -0.352 e. The molecule has 31 heavy (non-hydrogen) atoms. The third-order valence-corrected chi connectivity index (χ3v) is 6.84. The largest absolute Gasteiger partial charge is 0.352 e. The topological polar surface area (TPSA) is 66.5 Å². The second-order valence-electron chi connectivity index (χ2n) is 8.33. The maximum absolute atomic E-state index is 12.5. The molecule has 6 heteroatoms. The van der Waals surface area contributed by atoms with Crippen molar-refractivity contribution < 1.29 is 13.2 Å². The van der Waals surface area contributed by atoms with Crippen molar-refractivity contribution in [2.24, 2.45) is 5.92 Å².